The minimum Gasteiger partial charge on any atom is -0.449 e. The lowest BCUT2D eigenvalue weighted by Gasteiger charge is -2.46. The second kappa shape index (κ2) is 40.2. The number of aliphatic hydroxyl groups is 3. The lowest BCUT2D eigenvalue weighted by atomic mass is 9.95. The Labute approximate surface area is 395 Å². The van der Waals surface area contributed by atoms with Crippen LogP contribution in [0.3, 0.4) is 0 Å². The minimum absolute atomic E-state index is 0.0240. The van der Waals surface area contributed by atoms with E-state index in [1.165, 1.54) is 159 Å². The van der Waals surface area contributed by atoms with Crippen LogP contribution in [-0.4, -0.2) is 95.2 Å². The van der Waals surface area contributed by atoms with Gasteiger partial charge in [0, 0.05) is 6.54 Å². The van der Waals surface area contributed by atoms with Crippen molar-refractivity contribution < 1.29 is 43.9 Å². The van der Waals surface area contributed by atoms with Gasteiger partial charge in [0.1, 0.15) is 37.5 Å². The van der Waals surface area contributed by atoms with Gasteiger partial charge < -0.3 is 40.2 Å². The number of hydrogen-bond donors (Lipinski definition) is 5. The molecule has 65 heavy (non-hydrogen) atoms. The average molecular weight is 918 g/mol. The Hall–Kier alpha value is -2.93. The van der Waals surface area contributed by atoms with Crippen molar-refractivity contribution in [2.45, 2.75) is 257 Å². The van der Waals surface area contributed by atoms with Crippen molar-refractivity contribution in [3.05, 3.63) is 35.9 Å². The lowest BCUT2D eigenvalue weighted by molar-refractivity contribution is -0.226. The molecule has 0 aliphatic carbocycles. The van der Waals surface area contributed by atoms with Gasteiger partial charge in [-0.2, -0.15) is 0 Å². The molecule has 0 bridgehead atoms. The molecule has 0 aromatic heterocycles. The largest absolute Gasteiger partial charge is 0.449 e. The van der Waals surface area contributed by atoms with Crippen molar-refractivity contribution in [2.24, 2.45) is 0 Å². The molecule has 12 nitrogen and oxygen atoms in total. The van der Waals surface area contributed by atoms with Gasteiger partial charge in [-0.25, -0.2) is 9.59 Å². The molecule has 1 aliphatic rings. The summed E-state index contributed by atoms with van der Waals surface area (Å²) in [6, 6.07) is 7.87. The molecule has 0 saturated carbocycles. The summed E-state index contributed by atoms with van der Waals surface area (Å²) in [5.74, 6) is -0.683. The van der Waals surface area contributed by atoms with E-state index in [-0.39, 0.29) is 19.8 Å². The first-order valence-electron chi connectivity index (χ1n) is 26.6. The fourth-order valence-electron chi connectivity index (χ4n) is 8.73. The lowest BCUT2D eigenvalue weighted by Crippen LogP contribution is -2.69. The number of carbonyl (C=O) groups is 3. The van der Waals surface area contributed by atoms with E-state index in [4.69, 9.17) is 14.2 Å². The third kappa shape index (κ3) is 28.8. The topological polar surface area (TPSA) is 167 Å². The number of ether oxygens (including phenoxy) is 3. The highest BCUT2D eigenvalue weighted by atomic mass is 16.6. The number of amides is 3. The molecule has 0 spiro atoms. The van der Waals surface area contributed by atoms with E-state index in [1.54, 1.807) is 0 Å². The zero-order valence-electron chi connectivity index (χ0n) is 41.2. The molecular weight excluding hydrogens is 823 g/mol. The van der Waals surface area contributed by atoms with Crippen molar-refractivity contribution in [1.82, 2.24) is 15.5 Å². The van der Waals surface area contributed by atoms with Crippen LogP contribution in [0.5, 0.6) is 0 Å². The van der Waals surface area contributed by atoms with Crippen LogP contribution in [0.15, 0.2) is 30.3 Å². The van der Waals surface area contributed by atoms with Crippen molar-refractivity contribution in [2.75, 3.05) is 26.3 Å². The van der Waals surface area contributed by atoms with Gasteiger partial charge in [-0.15, -0.1) is 0 Å². The van der Waals surface area contributed by atoms with E-state index < -0.39 is 61.8 Å². The second-order valence-electron chi connectivity index (χ2n) is 18.7. The molecule has 12 heteroatoms. The fraction of sp³-hybridized carbons (Fsp3) is 0.830. The molecule has 1 fully saturated rings. The van der Waals surface area contributed by atoms with Gasteiger partial charge in [-0.1, -0.05) is 237 Å². The van der Waals surface area contributed by atoms with Gasteiger partial charge in [-0.3, -0.25) is 9.69 Å². The molecule has 5 atom stereocenters. The van der Waals surface area contributed by atoms with Crippen LogP contribution in [0.1, 0.15) is 225 Å². The second-order valence-corrected chi connectivity index (χ2v) is 18.7. The summed E-state index contributed by atoms with van der Waals surface area (Å²) >= 11 is 0. The van der Waals surface area contributed by atoms with Crippen LogP contribution in [0.2, 0.25) is 0 Å². The molecule has 2 rings (SSSR count). The number of unbranched alkanes of at least 4 members (excludes halogenated alkanes) is 30. The predicted octanol–water partition coefficient (Wildman–Crippen LogP) is 11.8. The summed E-state index contributed by atoms with van der Waals surface area (Å²) in [5.41, 5.74) is 0.788. The highest BCUT2D eigenvalue weighted by molar-refractivity contribution is 5.82. The minimum atomic E-state index is -1.58. The zero-order chi connectivity index (χ0) is 47.0. The number of benzene rings is 1. The first-order chi connectivity index (χ1) is 31.8. The van der Waals surface area contributed by atoms with Crippen LogP contribution in [0, 0.1) is 0 Å². The molecule has 1 heterocycles. The number of carbonyl (C=O) groups excluding carboxylic acids is 3. The van der Waals surface area contributed by atoms with E-state index in [9.17, 15) is 29.7 Å². The number of alkyl carbamates (subject to hydrolysis) is 1. The highest BCUT2D eigenvalue weighted by Crippen LogP contribution is 2.26. The SMILES string of the molecule is CCCCCCCCCCCCCCCCCCOC(=O)N(CCCCCCCCCCCCCCCCCC)[C@@H]1O[C@H](CO)[C@H](O)[C@H](O)[C@H]1NC(=O)CNC(=O)OCc1ccccc1. The molecule has 376 valence electrons. The van der Waals surface area contributed by atoms with Crippen molar-refractivity contribution in [1.29, 1.82) is 0 Å². The number of aliphatic hydroxyl groups excluding tert-OH is 3. The molecule has 3 amide bonds. The van der Waals surface area contributed by atoms with E-state index in [0.29, 0.717) is 6.42 Å². The highest BCUT2D eigenvalue weighted by Gasteiger charge is 2.48. The number of nitrogens with one attached hydrogen (secondary N) is 2. The number of rotatable bonds is 41. The molecule has 1 aliphatic heterocycles. The van der Waals surface area contributed by atoms with Crippen molar-refractivity contribution in [3.8, 4) is 0 Å². The maximum atomic E-state index is 13.8. The summed E-state index contributed by atoms with van der Waals surface area (Å²) in [7, 11) is 0. The molecule has 0 radical (unpaired) electrons. The molecular formula is C53H95N3O9. The van der Waals surface area contributed by atoms with Gasteiger partial charge in [0.05, 0.1) is 13.2 Å². The fourth-order valence-corrected chi connectivity index (χ4v) is 8.73. The van der Waals surface area contributed by atoms with Crippen LogP contribution < -0.4 is 10.6 Å². The molecule has 1 aromatic carbocycles. The van der Waals surface area contributed by atoms with Crippen LogP contribution in [-0.2, 0) is 25.6 Å². The van der Waals surface area contributed by atoms with Gasteiger partial charge in [0.2, 0.25) is 5.91 Å². The quantitative estimate of drug-likeness (QED) is 0.0402. The first kappa shape index (κ1) is 58.2. The maximum absolute atomic E-state index is 13.8. The van der Waals surface area contributed by atoms with Crippen LogP contribution >= 0.6 is 0 Å². The number of nitrogens with zero attached hydrogens (tertiary/aromatic N) is 1. The zero-order valence-corrected chi connectivity index (χ0v) is 41.2. The summed E-state index contributed by atoms with van der Waals surface area (Å²) in [6.45, 7) is 3.92. The molecule has 0 unspecified atom stereocenters. The number of hydrogen-bond acceptors (Lipinski definition) is 9. The van der Waals surface area contributed by atoms with Crippen molar-refractivity contribution in [3.63, 3.8) is 0 Å². The predicted molar refractivity (Wildman–Crippen MR) is 261 cm³/mol. The van der Waals surface area contributed by atoms with Gasteiger partial charge in [0.15, 0.2) is 6.23 Å². The van der Waals surface area contributed by atoms with E-state index >= 15 is 0 Å². The maximum Gasteiger partial charge on any atom is 0.411 e. The summed E-state index contributed by atoms with van der Waals surface area (Å²) in [5, 5.41) is 37.3. The Bertz CT molecular complexity index is 1290. The van der Waals surface area contributed by atoms with E-state index in [0.717, 1.165) is 50.5 Å². The molecule has 5 N–H and O–H groups in total. The standard InChI is InChI=1S/C53H95N3O9/c1-3-5-7-9-11-13-15-17-19-21-23-25-27-29-31-36-40-56(53(62)63-41-37-32-30-28-26-24-22-20-18-16-14-12-10-8-6-4-2)51-48(50(60)49(59)46(43-57)65-51)55-47(58)42-54-52(61)64-44-45-38-34-33-35-39-45/h33-35,38-39,46,48-51,57,59-60H,3-32,36-37,40-44H2,1-2H3,(H,54,61)(H,55,58)/t46-,48-,49+,50-,51-/m1/s1. The van der Waals surface area contributed by atoms with E-state index in [1.807, 2.05) is 30.3 Å². The Kier molecular flexibility index (Phi) is 36.0. The monoisotopic (exact) mass is 918 g/mol. The Morgan fingerprint density at radius 1 is 0.585 bits per heavy atom. The molecule has 1 aromatic rings. The van der Waals surface area contributed by atoms with Crippen LogP contribution in [0.4, 0.5) is 9.59 Å². The van der Waals surface area contributed by atoms with Gasteiger partial charge in [0.25, 0.3) is 0 Å². The van der Waals surface area contributed by atoms with E-state index in [2.05, 4.69) is 24.5 Å². The Balaban J connectivity index is 1.86. The first-order valence-corrected chi connectivity index (χ1v) is 26.6. The van der Waals surface area contributed by atoms with Gasteiger partial charge >= 0.3 is 12.2 Å². The summed E-state index contributed by atoms with van der Waals surface area (Å²) in [6.07, 6.45) is 32.3. The summed E-state index contributed by atoms with van der Waals surface area (Å²) < 4.78 is 17.1. The van der Waals surface area contributed by atoms with Gasteiger partial charge in [-0.05, 0) is 18.4 Å². The summed E-state index contributed by atoms with van der Waals surface area (Å²) in [4.78, 5) is 40.8. The normalized spacial score (nSPS) is 18.3. The van der Waals surface area contributed by atoms with Crippen molar-refractivity contribution >= 4 is 18.1 Å². The average Bonchev–Trinajstić information content (AvgIpc) is 3.31. The Morgan fingerprint density at radius 3 is 1.46 bits per heavy atom. The van der Waals surface area contributed by atoms with Crippen LogP contribution in [0.25, 0.3) is 0 Å². The third-order valence-electron chi connectivity index (χ3n) is 12.9. The third-order valence-corrected chi connectivity index (χ3v) is 12.9. The Morgan fingerprint density at radius 2 is 1.02 bits per heavy atom. The molecule has 1 saturated heterocycles. The smallest absolute Gasteiger partial charge is 0.411 e.